The molecule has 248 valence electrons. The molecule has 5 aromatic carbocycles. The predicted molar refractivity (Wildman–Crippen MR) is 193 cm³/mol. The topological polar surface area (TPSA) is 107 Å². The van der Waals surface area contributed by atoms with Gasteiger partial charge in [0.2, 0.25) is 0 Å². The molecule has 0 saturated heterocycles. The lowest BCUT2D eigenvalue weighted by molar-refractivity contribution is 0.0245. The average Bonchev–Trinajstić information content (AvgIpc) is 3.12. The molecule has 48 heavy (non-hydrogen) atoms. The van der Waals surface area contributed by atoms with Crippen molar-refractivity contribution in [2.45, 2.75) is 44.4 Å². The molecular weight excluding hydrogens is 600 g/mol. The minimum atomic E-state index is -0.246. The second-order valence-corrected chi connectivity index (χ2v) is 11.8. The third kappa shape index (κ3) is 8.82. The van der Waals surface area contributed by atoms with Crippen LogP contribution in [0.4, 0.5) is 0 Å². The highest BCUT2D eigenvalue weighted by Crippen LogP contribution is 2.39. The van der Waals surface area contributed by atoms with Gasteiger partial charge in [0, 0.05) is 40.1 Å². The summed E-state index contributed by atoms with van der Waals surface area (Å²) >= 11 is 0. The van der Waals surface area contributed by atoms with Gasteiger partial charge >= 0.3 is 0 Å². The molecule has 0 aliphatic rings. The summed E-state index contributed by atoms with van der Waals surface area (Å²) in [4.78, 5) is 4.60. The van der Waals surface area contributed by atoms with Crippen LogP contribution in [0.2, 0.25) is 0 Å². The molecule has 7 heteroatoms. The number of nitrogens with zero attached hydrogens (tertiary/aromatic N) is 1. The summed E-state index contributed by atoms with van der Waals surface area (Å²) in [6.45, 7) is 0.866. The van der Waals surface area contributed by atoms with Gasteiger partial charge in [-0.2, -0.15) is 0 Å². The minimum absolute atomic E-state index is 0.0998. The maximum absolute atomic E-state index is 11.2. The van der Waals surface area contributed by atoms with Crippen molar-refractivity contribution in [3.63, 3.8) is 0 Å². The normalized spacial score (nSPS) is 12.6. The zero-order valence-electron chi connectivity index (χ0n) is 27.6. The molecule has 0 aliphatic heterocycles. The van der Waals surface area contributed by atoms with Gasteiger partial charge in [-0.1, -0.05) is 97.1 Å². The van der Waals surface area contributed by atoms with Crippen LogP contribution in [0.1, 0.15) is 36.0 Å². The van der Waals surface area contributed by atoms with Gasteiger partial charge in [-0.15, -0.1) is 0 Å². The molecule has 0 bridgehead atoms. The highest BCUT2D eigenvalue weighted by Gasteiger charge is 2.17. The van der Waals surface area contributed by atoms with Crippen molar-refractivity contribution < 1.29 is 24.4 Å². The van der Waals surface area contributed by atoms with Crippen LogP contribution in [0.15, 0.2) is 120 Å². The van der Waals surface area contributed by atoms with Crippen LogP contribution in [-0.2, 0) is 17.8 Å². The summed E-state index contributed by atoms with van der Waals surface area (Å²) in [7, 11) is 3.25. The Hall–Kier alpha value is -5.11. The van der Waals surface area contributed by atoms with E-state index in [0.29, 0.717) is 42.9 Å². The van der Waals surface area contributed by atoms with Crippen LogP contribution in [0, 0.1) is 0 Å². The summed E-state index contributed by atoms with van der Waals surface area (Å²) in [5, 5.41) is 22.2. The number of para-hydroxylation sites is 4. The van der Waals surface area contributed by atoms with Crippen LogP contribution in [-0.4, -0.2) is 49.3 Å². The van der Waals surface area contributed by atoms with Crippen molar-refractivity contribution >= 4 is 6.21 Å². The molecule has 0 aliphatic carbocycles. The van der Waals surface area contributed by atoms with Crippen molar-refractivity contribution in [1.82, 2.24) is 0 Å². The Balaban J connectivity index is 1.23. The SMILES string of the molecule is COc1ccccc1-c1cccc(/C=N/C[C@@H](N)CC(CCCc2cccc(-c3ccccc3OC)c2O)OCc2ccccc2)c1O. The van der Waals surface area contributed by atoms with Crippen LogP contribution in [0.3, 0.4) is 0 Å². The number of aromatic hydroxyl groups is 2. The third-order valence-electron chi connectivity index (χ3n) is 8.42. The second kappa shape index (κ2) is 17.2. The summed E-state index contributed by atoms with van der Waals surface area (Å²) in [5.41, 5.74) is 12.3. The molecule has 2 atom stereocenters. The van der Waals surface area contributed by atoms with Gasteiger partial charge in [0.25, 0.3) is 0 Å². The first kappa shape index (κ1) is 34.2. The highest BCUT2D eigenvalue weighted by atomic mass is 16.5. The number of benzene rings is 5. The summed E-state index contributed by atoms with van der Waals surface area (Å²) in [5.74, 6) is 1.81. The van der Waals surface area contributed by atoms with E-state index < -0.39 is 0 Å². The predicted octanol–water partition coefficient (Wildman–Crippen LogP) is 8.19. The number of nitrogens with two attached hydrogens (primary N) is 1. The van der Waals surface area contributed by atoms with Crippen molar-refractivity contribution in [2.75, 3.05) is 20.8 Å². The molecule has 5 rings (SSSR count). The number of ether oxygens (including phenoxy) is 3. The van der Waals surface area contributed by atoms with Gasteiger partial charge in [0.1, 0.15) is 23.0 Å². The molecule has 0 saturated carbocycles. The van der Waals surface area contributed by atoms with E-state index in [9.17, 15) is 10.2 Å². The third-order valence-corrected chi connectivity index (χ3v) is 8.42. The first-order valence-corrected chi connectivity index (χ1v) is 16.3. The number of phenolic OH excluding ortho intramolecular Hbond substituents is 2. The number of phenols is 2. The standard InChI is InChI=1S/C41H44N2O5/c1-46-38-23-8-6-19-34(38)36-21-11-16-30(40(36)44)15-10-18-33(48-28-29-13-4-3-5-14-29)25-32(42)27-43-26-31-17-12-22-37(41(31)45)35-20-7-9-24-39(35)47-2/h3-9,11-14,16-17,19-24,26,32-33,44-45H,10,15,18,25,27-28,42H2,1-2H3/b43-26+/t32-,33?/m0/s1. The zero-order chi connectivity index (χ0) is 33.7. The molecule has 4 N–H and O–H groups in total. The van der Waals surface area contributed by atoms with Crippen LogP contribution in [0.25, 0.3) is 22.3 Å². The van der Waals surface area contributed by atoms with Crippen molar-refractivity contribution in [3.05, 3.63) is 132 Å². The van der Waals surface area contributed by atoms with Gasteiger partial charge in [-0.3, -0.25) is 4.99 Å². The van der Waals surface area contributed by atoms with E-state index in [-0.39, 0.29) is 23.6 Å². The summed E-state index contributed by atoms with van der Waals surface area (Å²) in [6.07, 6.45) is 4.45. The quantitative estimate of drug-likeness (QED) is 0.0936. The molecule has 5 aromatic rings. The maximum atomic E-state index is 11.2. The summed E-state index contributed by atoms with van der Waals surface area (Å²) in [6, 6.07) is 36.6. The zero-order valence-corrected chi connectivity index (χ0v) is 27.6. The number of hydrogen-bond acceptors (Lipinski definition) is 7. The number of hydrogen-bond donors (Lipinski definition) is 3. The van der Waals surface area contributed by atoms with Gasteiger partial charge < -0.3 is 30.2 Å². The van der Waals surface area contributed by atoms with E-state index in [1.54, 1.807) is 20.4 Å². The van der Waals surface area contributed by atoms with Gasteiger partial charge in [-0.05, 0) is 55.0 Å². The van der Waals surface area contributed by atoms with E-state index in [1.165, 1.54) is 0 Å². The monoisotopic (exact) mass is 644 g/mol. The fraction of sp³-hybridized carbons (Fsp3) is 0.244. The lowest BCUT2D eigenvalue weighted by Crippen LogP contribution is -2.30. The highest BCUT2D eigenvalue weighted by molar-refractivity contribution is 5.89. The van der Waals surface area contributed by atoms with Crippen molar-refractivity contribution in [3.8, 4) is 45.3 Å². The fourth-order valence-corrected chi connectivity index (χ4v) is 5.90. The molecule has 0 spiro atoms. The molecule has 0 fully saturated rings. The Morgan fingerprint density at radius 1 is 0.688 bits per heavy atom. The average molecular weight is 645 g/mol. The molecule has 0 amide bonds. The van der Waals surface area contributed by atoms with E-state index >= 15 is 0 Å². The van der Waals surface area contributed by atoms with Crippen LogP contribution < -0.4 is 15.2 Å². The van der Waals surface area contributed by atoms with Crippen molar-refractivity contribution in [2.24, 2.45) is 10.7 Å². The van der Waals surface area contributed by atoms with Crippen LogP contribution >= 0.6 is 0 Å². The Bertz CT molecular complexity index is 1790. The second-order valence-electron chi connectivity index (χ2n) is 11.8. The molecule has 1 unspecified atom stereocenters. The number of rotatable bonds is 16. The Labute approximate surface area is 283 Å². The fourth-order valence-electron chi connectivity index (χ4n) is 5.90. The smallest absolute Gasteiger partial charge is 0.132 e. The summed E-state index contributed by atoms with van der Waals surface area (Å²) < 4.78 is 17.4. The maximum Gasteiger partial charge on any atom is 0.132 e. The minimum Gasteiger partial charge on any atom is -0.507 e. The molecule has 0 aromatic heterocycles. The molecule has 7 nitrogen and oxygen atoms in total. The first-order valence-electron chi connectivity index (χ1n) is 16.3. The van der Waals surface area contributed by atoms with Crippen molar-refractivity contribution in [1.29, 1.82) is 0 Å². The van der Waals surface area contributed by atoms with E-state index in [2.05, 4.69) is 4.99 Å². The lowest BCUT2D eigenvalue weighted by Gasteiger charge is -2.21. The lowest BCUT2D eigenvalue weighted by atomic mass is 9.96. The van der Waals surface area contributed by atoms with Gasteiger partial charge in [-0.25, -0.2) is 0 Å². The molecule has 0 radical (unpaired) electrons. The number of aliphatic imine (C=N–C) groups is 1. The largest absolute Gasteiger partial charge is 0.507 e. The van der Waals surface area contributed by atoms with Gasteiger partial charge in [0.15, 0.2) is 0 Å². The van der Waals surface area contributed by atoms with E-state index in [1.807, 2.05) is 115 Å². The Morgan fingerprint density at radius 3 is 1.94 bits per heavy atom. The number of methoxy groups -OCH3 is 2. The van der Waals surface area contributed by atoms with Gasteiger partial charge in [0.05, 0.1) is 33.5 Å². The number of aryl methyl sites for hydroxylation is 1. The first-order chi connectivity index (χ1) is 23.5. The Kier molecular flexibility index (Phi) is 12.2. The van der Waals surface area contributed by atoms with E-state index in [4.69, 9.17) is 19.9 Å². The molecular formula is C41H44N2O5. The molecule has 0 heterocycles. The van der Waals surface area contributed by atoms with Crippen LogP contribution in [0.5, 0.6) is 23.0 Å². The van der Waals surface area contributed by atoms with E-state index in [0.717, 1.165) is 46.4 Å². The Morgan fingerprint density at radius 2 is 1.27 bits per heavy atom.